The second-order valence-electron chi connectivity index (χ2n) is 9.39. The fourth-order valence-corrected chi connectivity index (χ4v) is 5.36. The summed E-state index contributed by atoms with van der Waals surface area (Å²) in [4.78, 5) is 13.6. The van der Waals surface area contributed by atoms with E-state index in [0.717, 1.165) is 16.7 Å². The summed E-state index contributed by atoms with van der Waals surface area (Å²) >= 11 is 0. The highest BCUT2D eigenvalue weighted by atomic mass is 19.1. The van der Waals surface area contributed by atoms with Crippen molar-refractivity contribution in [2.75, 3.05) is 14.2 Å². The number of carbonyl (C=O) groups excluding carboxylic acids is 1. The third-order valence-corrected chi connectivity index (χ3v) is 7.25. The number of hydrogen-bond acceptors (Lipinski definition) is 6. The molecule has 2 heterocycles. The topological polar surface area (TPSA) is 83.7 Å². The molecule has 0 spiro atoms. The van der Waals surface area contributed by atoms with Crippen molar-refractivity contribution in [3.63, 3.8) is 0 Å². The lowest BCUT2D eigenvalue weighted by molar-refractivity contribution is -0.129. The smallest absolute Gasteiger partial charge is 0.223 e. The third kappa shape index (κ3) is 5.29. The van der Waals surface area contributed by atoms with E-state index in [1.165, 1.54) is 24.3 Å². The molecular formula is C28H30F2N4O3. The minimum absolute atomic E-state index is 0.0936. The number of rotatable bonds is 7. The van der Waals surface area contributed by atoms with Crippen LogP contribution in [-0.2, 0) is 11.3 Å². The van der Waals surface area contributed by atoms with E-state index in [9.17, 15) is 13.6 Å². The first-order valence-electron chi connectivity index (χ1n) is 12.2. The number of ether oxygens (including phenoxy) is 2. The van der Waals surface area contributed by atoms with Gasteiger partial charge in [-0.1, -0.05) is 30.3 Å². The molecule has 3 aromatic carbocycles. The normalized spacial score (nSPS) is 24.8. The Balaban J connectivity index is 1.42. The van der Waals surface area contributed by atoms with Crippen molar-refractivity contribution in [1.82, 2.24) is 21.5 Å². The first-order chi connectivity index (χ1) is 18.0. The molecule has 5 unspecified atom stereocenters. The Bertz CT molecular complexity index is 1240. The van der Waals surface area contributed by atoms with Gasteiger partial charge in [-0.3, -0.25) is 10.1 Å². The van der Waals surface area contributed by atoms with E-state index in [1.807, 2.05) is 18.2 Å². The van der Waals surface area contributed by atoms with Crippen molar-refractivity contribution in [2.24, 2.45) is 11.8 Å². The van der Waals surface area contributed by atoms with Crippen molar-refractivity contribution in [3.05, 3.63) is 95.1 Å². The maximum absolute atomic E-state index is 13.6. The van der Waals surface area contributed by atoms with Gasteiger partial charge in [0.05, 0.1) is 26.4 Å². The SMILES string of the molecule is COc1ccc(C2CC(C(=O)NCc3ccc(F)cc3)C3C(NNC3c3ccc(F)cc3)N2)cc1OC. The average molecular weight is 509 g/mol. The van der Waals surface area contributed by atoms with Gasteiger partial charge in [-0.2, -0.15) is 0 Å². The Morgan fingerprint density at radius 1 is 0.892 bits per heavy atom. The summed E-state index contributed by atoms with van der Waals surface area (Å²) < 4.78 is 37.8. The van der Waals surface area contributed by atoms with Crippen molar-refractivity contribution in [3.8, 4) is 11.5 Å². The molecule has 2 aliphatic rings. The number of hydrogen-bond donors (Lipinski definition) is 4. The van der Waals surface area contributed by atoms with Crippen LogP contribution in [0.2, 0.25) is 0 Å². The van der Waals surface area contributed by atoms with Gasteiger partial charge in [0.2, 0.25) is 5.91 Å². The number of methoxy groups -OCH3 is 2. The highest BCUT2D eigenvalue weighted by Gasteiger charge is 2.49. The lowest BCUT2D eigenvalue weighted by Gasteiger charge is -2.40. The molecule has 2 saturated heterocycles. The first kappa shape index (κ1) is 25.1. The summed E-state index contributed by atoms with van der Waals surface area (Å²) in [6.45, 7) is 0.295. The van der Waals surface area contributed by atoms with Crippen LogP contribution in [0.5, 0.6) is 11.5 Å². The van der Waals surface area contributed by atoms with Crippen LogP contribution in [0.3, 0.4) is 0 Å². The highest BCUT2D eigenvalue weighted by Crippen LogP contribution is 2.43. The predicted octanol–water partition coefficient (Wildman–Crippen LogP) is 3.74. The fourth-order valence-electron chi connectivity index (χ4n) is 5.36. The molecule has 0 aliphatic carbocycles. The number of fused-ring (bicyclic) bond motifs is 1. The van der Waals surface area contributed by atoms with E-state index >= 15 is 0 Å². The van der Waals surface area contributed by atoms with Crippen molar-refractivity contribution in [2.45, 2.75) is 31.2 Å². The van der Waals surface area contributed by atoms with Crippen LogP contribution >= 0.6 is 0 Å². The first-order valence-corrected chi connectivity index (χ1v) is 12.2. The molecule has 5 atom stereocenters. The van der Waals surface area contributed by atoms with Gasteiger partial charge in [0.15, 0.2) is 11.5 Å². The maximum atomic E-state index is 13.6. The van der Waals surface area contributed by atoms with Crippen LogP contribution in [0.1, 0.15) is 35.2 Å². The summed E-state index contributed by atoms with van der Waals surface area (Å²) in [7, 11) is 3.18. The summed E-state index contributed by atoms with van der Waals surface area (Å²) in [6.07, 6.45) is 0.316. The molecule has 7 nitrogen and oxygen atoms in total. The molecular weight excluding hydrogens is 478 g/mol. The monoisotopic (exact) mass is 508 g/mol. The van der Waals surface area contributed by atoms with Crippen LogP contribution in [-0.4, -0.2) is 26.3 Å². The number of benzene rings is 3. The van der Waals surface area contributed by atoms with Gasteiger partial charge in [0, 0.05) is 24.4 Å². The van der Waals surface area contributed by atoms with Gasteiger partial charge in [-0.15, -0.1) is 0 Å². The number of halogens is 2. The van der Waals surface area contributed by atoms with Crippen molar-refractivity contribution in [1.29, 1.82) is 0 Å². The Morgan fingerprint density at radius 2 is 1.54 bits per heavy atom. The van der Waals surface area contributed by atoms with E-state index in [4.69, 9.17) is 9.47 Å². The minimum Gasteiger partial charge on any atom is -0.493 e. The van der Waals surface area contributed by atoms with E-state index in [1.54, 1.807) is 38.5 Å². The molecule has 0 radical (unpaired) electrons. The minimum atomic E-state index is -0.373. The van der Waals surface area contributed by atoms with E-state index in [2.05, 4.69) is 21.5 Å². The molecule has 2 fully saturated rings. The molecule has 0 bridgehead atoms. The van der Waals surface area contributed by atoms with Crippen LogP contribution < -0.4 is 31.0 Å². The molecule has 3 aromatic rings. The Hall–Kier alpha value is -3.53. The van der Waals surface area contributed by atoms with E-state index < -0.39 is 0 Å². The van der Waals surface area contributed by atoms with Gasteiger partial charge in [-0.05, 0) is 59.5 Å². The van der Waals surface area contributed by atoms with E-state index in [0.29, 0.717) is 24.5 Å². The van der Waals surface area contributed by atoms with Crippen LogP contribution in [0.25, 0.3) is 0 Å². The maximum Gasteiger partial charge on any atom is 0.223 e. The predicted molar refractivity (Wildman–Crippen MR) is 134 cm³/mol. The Labute approximate surface area is 214 Å². The second kappa shape index (κ2) is 10.8. The molecule has 2 aliphatic heterocycles. The van der Waals surface area contributed by atoms with Crippen LogP contribution in [0.4, 0.5) is 8.78 Å². The molecule has 9 heteroatoms. The lowest BCUT2D eigenvalue weighted by Crippen LogP contribution is -2.54. The van der Waals surface area contributed by atoms with E-state index in [-0.39, 0.29) is 47.6 Å². The summed E-state index contributed by atoms with van der Waals surface area (Å²) in [5.41, 5.74) is 9.29. The second-order valence-corrected chi connectivity index (χ2v) is 9.39. The van der Waals surface area contributed by atoms with Gasteiger partial charge in [0.1, 0.15) is 11.6 Å². The Morgan fingerprint density at radius 3 is 2.22 bits per heavy atom. The average Bonchev–Trinajstić information content (AvgIpc) is 3.36. The zero-order chi connectivity index (χ0) is 25.9. The molecule has 5 rings (SSSR count). The summed E-state index contributed by atoms with van der Waals surface area (Å²) in [5, 5.41) is 6.68. The Kier molecular flexibility index (Phi) is 7.36. The van der Waals surface area contributed by atoms with Crippen molar-refractivity contribution < 1.29 is 23.0 Å². The summed E-state index contributed by atoms with van der Waals surface area (Å²) in [5.74, 6) is 0.00392. The largest absolute Gasteiger partial charge is 0.493 e. The highest BCUT2D eigenvalue weighted by molar-refractivity contribution is 5.79. The van der Waals surface area contributed by atoms with Crippen LogP contribution in [0.15, 0.2) is 66.7 Å². The van der Waals surface area contributed by atoms with Gasteiger partial charge in [-0.25, -0.2) is 19.6 Å². The molecule has 0 saturated carbocycles. The zero-order valence-corrected chi connectivity index (χ0v) is 20.6. The van der Waals surface area contributed by atoms with Gasteiger partial charge in [0.25, 0.3) is 0 Å². The fraction of sp³-hybridized carbons (Fsp3) is 0.321. The molecule has 194 valence electrons. The number of nitrogens with one attached hydrogen (secondary N) is 4. The summed E-state index contributed by atoms with van der Waals surface area (Å²) in [6, 6.07) is 17.8. The number of carbonyl (C=O) groups is 1. The number of piperidine rings is 1. The number of hydrazine groups is 1. The zero-order valence-electron chi connectivity index (χ0n) is 20.6. The van der Waals surface area contributed by atoms with Gasteiger partial charge >= 0.3 is 0 Å². The van der Waals surface area contributed by atoms with Crippen LogP contribution in [0, 0.1) is 23.5 Å². The standard InChI is InChI=1S/C28H30F2N4O3/c1-36-23-12-7-18(13-24(23)37-2)22-14-21(28(35)31-15-16-3-8-19(29)9-4-16)25-26(33-34-27(25)32-22)17-5-10-20(30)11-6-17/h3-13,21-22,25-27,32-34H,14-15H2,1-2H3,(H,31,35). The molecule has 4 N–H and O–H groups in total. The molecule has 37 heavy (non-hydrogen) atoms. The lowest BCUT2D eigenvalue weighted by atomic mass is 9.74. The molecule has 1 amide bonds. The van der Waals surface area contributed by atoms with Crippen molar-refractivity contribution >= 4 is 5.91 Å². The quantitative estimate of drug-likeness (QED) is 0.389. The third-order valence-electron chi connectivity index (χ3n) is 7.25. The molecule has 0 aromatic heterocycles. The number of amides is 1. The van der Waals surface area contributed by atoms with Gasteiger partial charge < -0.3 is 14.8 Å².